The largest absolute Gasteiger partial charge is 0.324 e. The molecule has 5 heterocycles. The van der Waals surface area contributed by atoms with Gasteiger partial charge >= 0.3 is 0 Å². The Morgan fingerprint density at radius 1 is 0.357 bits per heavy atom. The van der Waals surface area contributed by atoms with Crippen molar-refractivity contribution >= 4 is 60.4 Å². The van der Waals surface area contributed by atoms with Crippen molar-refractivity contribution in [2.75, 3.05) is 0 Å². The van der Waals surface area contributed by atoms with Crippen molar-refractivity contribution in [1.82, 2.24) is 39.9 Å². The second kappa shape index (κ2) is 9.70. The van der Waals surface area contributed by atoms with Gasteiger partial charge in [0.1, 0.15) is 22.6 Å². The molecule has 0 saturated heterocycles. The molecule has 0 aliphatic carbocycles. The molecule has 0 atom stereocenters. The maximum atomic E-state index is 5.02. The predicted octanol–water partition coefficient (Wildman–Crippen LogP) is 6.54. The van der Waals surface area contributed by atoms with E-state index in [1.54, 1.807) is 0 Å². The lowest BCUT2D eigenvalue weighted by atomic mass is 10.1. The average molecular weight is 559 g/mol. The number of hydrogen-bond donors (Lipinski definition) is 2. The van der Waals surface area contributed by atoms with E-state index in [-0.39, 0.29) is 0 Å². The van der Waals surface area contributed by atoms with E-state index in [2.05, 4.69) is 15.8 Å². The van der Waals surface area contributed by atoms with Gasteiger partial charge in [-0.1, -0.05) is 97.1 Å². The SMILES string of the molecule is [CH3][AlH2].c1ccc2c(c1)-c1nc-2nc2[nH]c(nc3nc(nc4[nH]c(n1)c1ccccc41)-c1ccccc1-3)c1ccccc21. The fourth-order valence-electron chi connectivity index (χ4n) is 5.59. The molecule has 9 heteroatoms. The van der Waals surface area contributed by atoms with Crippen molar-refractivity contribution < 1.29 is 0 Å². The third kappa shape index (κ3) is 3.75. The monoisotopic (exact) mass is 558 g/mol. The summed E-state index contributed by atoms with van der Waals surface area (Å²) in [5.41, 5.74) is 6.45. The number of hydrogen-bond acceptors (Lipinski definition) is 6. The number of benzene rings is 4. The second-order valence-electron chi connectivity index (χ2n) is 9.79. The van der Waals surface area contributed by atoms with E-state index in [4.69, 9.17) is 29.9 Å². The topological polar surface area (TPSA) is 109 Å². The first-order valence-electron chi connectivity index (χ1n) is 14.0. The molecule has 0 saturated carbocycles. The maximum Gasteiger partial charge on any atom is 0.207 e. The van der Waals surface area contributed by atoms with Gasteiger partial charge in [-0.05, 0) is 0 Å². The third-order valence-corrected chi connectivity index (χ3v) is 7.46. The van der Waals surface area contributed by atoms with Crippen LogP contribution in [0.1, 0.15) is 0 Å². The summed E-state index contributed by atoms with van der Waals surface area (Å²) in [6, 6.07) is 32.2. The summed E-state index contributed by atoms with van der Waals surface area (Å²) in [5, 5.41) is 3.82. The minimum absolute atomic E-state index is 0.597. The van der Waals surface area contributed by atoms with Crippen LogP contribution in [0.3, 0.4) is 0 Å². The van der Waals surface area contributed by atoms with Gasteiger partial charge in [-0.15, -0.1) is 5.79 Å². The zero-order valence-electron chi connectivity index (χ0n) is 22.9. The molecule has 2 aliphatic heterocycles. The molecule has 198 valence electrons. The Morgan fingerprint density at radius 3 is 0.857 bits per heavy atom. The van der Waals surface area contributed by atoms with E-state index in [0.29, 0.717) is 45.9 Å². The number of aromatic nitrogens is 8. The summed E-state index contributed by atoms with van der Waals surface area (Å²) in [4.78, 5) is 36.8. The molecule has 2 N–H and O–H groups in total. The fraction of sp³-hybridized carbons (Fsp3) is 0.0303. The van der Waals surface area contributed by atoms with Gasteiger partial charge in [0.25, 0.3) is 0 Å². The van der Waals surface area contributed by atoms with Gasteiger partial charge < -0.3 is 9.97 Å². The number of nitrogens with one attached hydrogen (secondary N) is 2. The third-order valence-electron chi connectivity index (χ3n) is 7.46. The molecule has 8 nitrogen and oxygen atoms in total. The molecule has 2 aliphatic rings. The molecular weight excluding hydrogens is 535 g/mol. The molecule has 3 aromatic heterocycles. The van der Waals surface area contributed by atoms with Gasteiger partial charge in [-0.3, -0.25) is 0 Å². The predicted molar refractivity (Wildman–Crippen MR) is 170 cm³/mol. The molecule has 0 radical (unpaired) electrons. The van der Waals surface area contributed by atoms with Crippen LogP contribution in [0.25, 0.3) is 89.7 Å². The van der Waals surface area contributed by atoms with Crippen LogP contribution >= 0.6 is 0 Å². The van der Waals surface area contributed by atoms with Crippen molar-refractivity contribution in [3.63, 3.8) is 0 Å². The molecule has 8 bridgehead atoms. The van der Waals surface area contributed by atoms with Crippen LogP contribution in [0, 0.1) is 0 Å². The Balaban J connectivity index is 0.00000131. The first kappa shape index (κ1) is 24.6. The Bertz CT molecular complexity index is 2030. The van der Waals surface area contributed by atoms with E-state index in [9.17, 15) is 0 Å². The van der Waals surface area contributed by atoms with Crippen LogP contribution in [0.4, 0.5) is 0 Å². The van der Waals surface area contributed by atoms with Crippen LogP contribution in [0.15, 0.2) is 97.1 Å². The number of aromatic amines is 2. The van der Waals surface area contributed by atoms with Crippen LogP contribution in [-0.2, 0) is 0 Å². The smallest absolute Gasteiger partial charge is 0.207 e. The molecule has 0 fully saturated rings. The van der Waals surface area contributed by atoms with E-state index in [1.165, 1.54) is 16.3 Å². The minimum atomic E-state index is 0.597. The Morgan fingerprint density at radius 2 is 0.595 bits per heavy atom. The van der Waals surface area contributed by atoms with E-state index in [1.807, 2.05) is 97.1 Å². The summed E-state index contributed by atoms with van der Waals surface area (Å²) in [6.07, 6.45) is 0. The van der Waals surface area contributed by atoms with E-state index >= 15 is 0 Å². The summed E-state index contributed by atoms with van der Waals surface area (Å²) in [7, 11) is 0. The lowest BCUT2D eigenvalue weighted by molar-refractivity contribution is 1.19. The van der Waals surface area contributed by atoms with Gasteiger partial charge in [0.15, 0.2) is 23.3 Å². The number of fused-ring (bicyclic) bond motifs is 20. The summed E-state index contributed by atoms with van der Waals surface area (Å²) < 4.78 is 0. The molecule has 0 spiro atoms. The quantitative estimate of drug-likeness (QED) is 0.205. The highest BCUT2D eigenvalue weighted by molar-refractivity contribution is 6.06. The Labute approximate surface area is 248 Å². The van der Waals surface area contributed by atoms with Crippen molar-refractivity contribution in [3.05, 3.63) is 97.1 Å². The molecule has 7 aromatic rings. The van der Waals surface area contributed by atoms with Gasteiger partial charge in [0.2, 0.25) is 16.3 Å². The Hall–Kier alpha value is -5.23. The molecule has 42 heavy (non-hydrogen) atoms. The van der Waals surface area contributed by atoms with Crippen molar-refractivity contribution in [1.29, 1.82) is 0 Å². The average Bonchev–Trinajstić information content (AvgIpc) is 3.78. The van der Waals surface area contributed by atoms with Crippen molar-refractivity contribution in [2.45, 2.75) is 5.79 Å². The van der Waals surface area contributed by atoms with Crippen LogP contribution in [0.2, 0.25) is 5.79 Å². The lowest BCUT2D eigenvalue weighted by Crippen LogP contribution is -1.82. The molecule has 0 unspecified atom stereocenters. The Kier molecular flexibility index (Phi) is 5.67. The van der Waals surface area contributed by atoms with Crippen molar-refractivity contribution in [2.24, 2.45) is 0 Å². The molecule has 9 rings (SSSR count). The molecular formula is C33H23AlN8. The van der Waals surface area contributed by atoms with Gasteiger partial charge in [0, 0.05) is 43.8 Å². The van der Waals surface area contributed by atoms with Crippen LogP contribution in [0.5, 0.6) is 0 Å². The first-order chi connectivity index (χ1) is 20.8. The van der Waals surface area contributed by atoms with E-state index < -0.39 is 0 Å². The van der Waals surface area contributed by atoms with Gasteiger partial charge in [-0.25, -0.2) is 29.9 Å². The summed E-state index contributed by atoms with van der Waals surface area (Å²) in [5.74, 6) is 4.53. The summed E-state index contributed by atoms with van der Waals surface area (Å²) in [6.45, 7) is 0. The molecule has 0 amide bonds. The highest BCUT2D eigenvalue weighted by Crippen LogP contribution is 2.36. The minimum Gasteiger partial charge on any atom is -0.324 e. The number of rotatable bonds is 0. The van der Waals surface area contributed by atoms with Crippen LogP contribution < -0.4 is 0 Å². The first-order valence-corrected chi connectivity index (χ1v) is 16.0. The van der Waals surface area contributed by atoms with Crippen molar-refractivity contribution in [3.8, 4) is 45.6 Å². The standard InChI is InChI=1S/C32H18N8.CH3.Al.2H/c1-2-10-18-17(9-1)25-33-26(18)38-28-21-13-5-6-14-22(21)30(35-28)40-32-24-16-8-7-15-23(24)31(36-32)39-29-20-12-4-3-11-19(20)27(34-29)37-25;;;;/h1-16H,(H2,33,34,35,36,37,38,39,40);1H3;;;. The lowest BCUT2D eigenvalue weighted by Gasteiger charge is -1.96. The van der Waals surface area contributed by atoms with Gasteiger partial charge in [0.05, 0.1) is 0 Å². The summed E-state index contributed by atoms with van der Waals surface area (Å²) >= 11 is 1.31. The van der Waals surface area contributed by atoms with Crippen LogP contribution in [-0.4, -0.2) is 56.2 Å². The van der Waals surface area contributed by atoms with E-state index in [0.717, 1.165) is 43.8 Å². The number of H-pyrrole nitrogens is 2. The highest BCUT2D eigenvalue weighted by atomic mass is 27.0. The van der Waals surface area contributed by atoms with Gasteiger partial charge in [-0.2, -0.15) is 0 Å². The zero-order chi connectivity index (χ0) is 28.2. The number of nitrogens with zero attached hydrogens (tertiary/aromatic N) is 6. The molecule has 4 aromatic carbocycles. The zero-order valence-corrected chi connectivity index (χ0v) is 24.9. The fourth-order valence-corrected chi connectivity index (χ4v) is 5.59. The normalized spacial score (nSPS) is 11.5. The highest BCUT2D eigenvalue weighted by Gasteiger charge is 2.21. The maximum absolute atomic E-state index is 5.02. The second-order valence-corrected chi connectivity index (χ2v) is 9.79.